The SMILES string of the molecule is COc1ccccc1N1CCN(C(=O)c2cnc3nc[nH]n3c2=O)CC1(C)C. The van der Waals surface area contributed by atoms with Crippen molar-refractivity contribution in [2.45, 2.75) is 19.4 Å². The van der Waals surface area contributed by atoms with Gasteiger partial charge in [0.05, 0.1) is 18.3 Å². The highest BCUT2D eigenvalue weighted by Crippen LogP contribution is 2.35. The van der Waals surface area contributed by atoms with Crippen LogP contribution in [0.25, 0.3) is 5.78 Å². The number of amides is 1. The van der Waals surface area contributed by atoms with E-state index in [1.165, 1.54) is 17.0 Å². The van der Waals surface area contributed by atoms with Gasteiger partial charge in [-0.05, 0) is 26.0 Å². The molecule has 1 fully saturated rings. The van der Waals surface area contributed by atoms with Crippen LogP contribution in [0.1, 0.15) is 24.2 Å². The lowest BCUT2D eigenvalue weighted by Gasteiger charge is -2.48. The fourth-order valence-corrected chi connectivity index (χ4v) is 3.74. The van der Waals surface area contributed by atoms with E-state index in [9.17, 15) is 9.59 Å². The second-order valence-electron chi connectivity index (χ2n) is 7.36. The third-order valence-electron chi connectivity index (χ3n) is 5.11. The Morgan fingerprint density at radius 2 is 2.00 bits per heavy atom. The van der Waals surface area contributed by atoms with Crippen molar-refractivity contribution < 1.29 is 9.53 Å². The van der Waals surface area contributed by atoms with Crippen molar-refractivity contribution in [2.75, 3.05) is 31.6 Å². The van der Waals surface area contributed by atoms with Crippen LogP contribution in [0, 0.1) is 0 Å². The molecule has 28 heavy (non-hydrogen) atoms. The Morgan fingerprint density at radius 1 is 1.21 bits per heavy atom. The molecule has 3 heterocycles. The van der Waals surface area contributed by atoms with E-state index in [0.29, 0.717) is 19.6 Å². The Kier molecular flexibility index (Phi) is 4.29. The number of piperazine rings is 1. The molecular formula is C19H22N6O3. The molecule has 1 saturated heterocycles. The maximum Gasteiger partial charge on any atom is 0.286 e. The first-order valence-corrected chi connectivity index (χ1v) is 9.03. The summed E-state index contributed by atoms with van der Waals surface area (Å²) < 4.78 is 6.67. The standard InChI is InChI=1S/C19H22N6O3/c1-19(2)11-23(8-9-24(19)14-6-4-5-7-15(14)28-3)16(26)13-10-20-18-21-12-22-25(18)17(13)27/h4-7,10,12H,8-9,11H2,1-3H3,(H,20,21,22). The smallest absolute Gasteiger partial charge is 0.286 e. The molecule has 0 spiro atoms. The van der Waals surface area contributed by atoms with Crippen LogP contribution in [0.3, 0.4) is 0 Å². The van der Waals surface area contributed by atoms with Crippen molar-refractivity contribution in [3.05, 3.63) is 52.7 Å². The number of rotatable bonds is 3. The van der Waals surface area contributed by atoms with E-state index in [1.807, 2.05) is 24.3 Å². The molecule has 2 aromatic heterocycles. The van der Waals surface area contributed by atoms with Crippen LogP contribution in [-0.2, 0) is 0 Å². The van der Waals surface area contributed by atoms with E-state index in [0.717, 1.165) is 11.4 Å². The number of ether oxygens (including phenoxy) is 1. The number of aromatic nitrogens is 4. The number of methoxy groups -OCH3 is 1. The molecule has 146 valence electrons. The van der Waals surface area contributed by atoms with Crippen molar-refractivity contribution in [3.63, 3.8) is 0 Å². The first kappa shape index (κ1) is 18.0. The van der Waals surface area contributed by atoms with E-state index in [1.54, 1.807) is 12.0 Å². The van der Waals surface area contributed by atoms with Crippen LogP contribution in [0.15, 0.2) is 41.6 Å². The third kappa shape index (κ3) is 2.88. The number of H-pyrrole nitrogens is 1. The number of carbonyl (C=O) groups excluding carboxylic acids is 1. The van der Waals surface area contributed by atoms with Gasteiger partial charge in [-0.3, -0.25) is 14.7 Å². The van der Waals surface area contributed by atoms with Crippen molar-refractivity contribution in [1.82, 2.24) is 24.5 Å². The number of hydrogen-bond donors (Lipinski definition) is 1. The van der Waals surface area contributed by atoms with Gasteiger partial charge in [-0.15, -0.1) is 0 Å². The third-order valence-corrected chi connectivity index (χ3v) is 5.11. The second-order valence-corrected chi connectivity index (χ2v) is 7.36. The molecule has 3 aromatic rings. The molecule has 9 nitrogen and oxygen atoms in total. The van der Waals surface area contributed by atoms with Crippen molar-refractivity contribution >= 4 is 17.4 Å². The minimum atomic E-state index is -0.447. The summed E-state index contributed by atoms with van der Waals surface area (Å²) in [6.07, 6.45) is 2.67. The predicted octanol–water partition coefficient (Wildman–Crippen LogP) is 1.17. The van der Waals surface area contributed by atoms with Gasteiger partial charge in [0.15, 0.2) is 0 Å². The monoisotopic (exact) mass is 382 g/mol. The Labute approximate surface area is 161 Å². The highest BCUT2D eigenvalue weighted by atomic mass is 16.5. The van der Waals surface area contributed by atoms with Crippen molar-refractivity contribution in [3.8, 4) is 5.75 Å². The molecule has 0 aliphatic carbocycles. The molecule has 1 N–H and O–H groups in total. The van der Waals surface area contributed by atoms with Gasteiger partial charge in [0.2, 0.25) is 0 Å². The highest BCUT2D eigenvalue weighted by Gasteiger charge is 2.37. The average molecular weight is 382 g/mol. The van der Waals surface area contributed by atoms with Gasteiger partial charge in [0, 0.05) is 25.8 Å². The van der Waals surface area contributed by atoms with Crippen LogP contribution in [0.4, 0.5) is 5.69 Å². The largest absolute Gasteiger partial charge is 0.495 e. The molecule has 9 heteroatoms. The van der Waals surface area contributed by atoms with Crippen molar-refractivity contribution in [2.24, 2.45) is 0 Å². The first-order valence-electron chi connectivity index (χ1n) is 9.03. The lowest BCUT2D eigenvalue weighted by molar-refractivity contribution is 0.0683. The minimum absolute atomic E-state index is 0.0308. The Bertz CT molecular complexity index is 1090. The van der Waals surface area contributed by atoms with Gasteiger partial charge in [-0.25, -0.2) is 9.97 Å². The first-order chi connectivity index (χ1) is 13.4. The molecule has 0 unspecified atom stereocenters. The molecule has 0 saturated carbocycles. The fourth-order valence-electron chi connectivity index (χ4n) is 3.74. The summed E-state index contributed by atoms with van der Waals surface area (Å²) in [4.78, 5) is 37.6. The van der Waals surface area contributed by atoms with Crippen LogP contribution in [0.5, 0.6) is 5.75 Å². The van der Waals surface area contributed by atoms with E-state index >= 15 is 0 Å². The molecule has 0 atom stereocenters. The van der Waals surface area contributed by atoms with Crippen LogP contribution >= 0.6 is 0 Å². The molecular weight excluding hydrogens is 360 g/mol. The maximum absolute atomic E-state index is 13.0. The lowest BCUT2D eigenvalue weighted by atomic mass is 9.97. The van der Waals surface area contributed by atoms with Crippen molar-refractivity contribution in [1.29, 1.82) is 0 Å². The molecule has 0 radical (unpaired) electrons. The normalized spacial score (nSPS) is 16.4. The van der Waals surface area contributed by atoms with Gasteiger partial charge in [0.1, 0.15) is 17.6 Å². The summed E-state index contributed by atoms with van der Waals surface area (Å²) in [5.74, 6) is 0.708. The summed E-state index contributed by atoms with van der Waals surface area (Å²) in [7, 11) is 1.65. The molecule has 1 aliphatic heterocycles. The van der Waals surface area contributed by atoms with Crippen LogP contribution in [-0.4, -0.2) is 62.7 Å². The fraction of sp³-hybridized carbons (Fsp3) is 0.368. The Balaban J connectivity index is 1.61. The quantitative estimate of drug-likeness (QED) is 0.731. The number of fused-ring (bicyclic) bond motifs is 1. The number of hydrogen-bond acceptors (Lipinski definition) is 6. The average Bonchev–Trinajstić information content (AvgIpc) is 3.17. The minimum Gasteiger partial charge on any atom is -0.495 e. The number of carbonyl (C=O) groups is 1. The Morgan fingerprint density at radius 3 is 2.75 bits per heavy atom. The van der Waals surface area contributed by atoms with Gasteiger partial charge >= 0.3 is 0 Å². The van der Waals surface area contributed by atoms with E-state index < -0.39 is 5.56 Å². The van der Waals surface area contributed by atoms with Gasteiger partial charge in [-0.2, -0.15) is 4.52 Å². The molecule has 4 rings (SSSR count). The van der Waals surface area contributed by atoms with Gasteiger partial charge < -0.3 is 14.5 Å². The summed E-state index contributed by atoms with van der Waals surface area (Å²) >= 11 is 0. The molecule has 1 amide bonds. The number of para-hydroxylation sites is 2. The van der Waals surface area contributed by atoms with Crippen LogP contribution in [0.2, 0.25) is 0 Å². The number of benzene rings is 1. The summed E-state index contributed by atoms with van der Waals surface area (Å²) in [6.45, 7) is 5.73. The zero-order chi connectivity index (χ0) is 19.9. The zero-order valence-electron chi connectivity index (χ0n) is 16.0. The highest BCUT2D eigenvalue weighted by molar-refractivity contribution is 5.94. The molecule has 1 aliphatic rings. The summed E-state index contributed by atoms with van der Waals surface area (Å²) in [5, 5.41) is 2.68. The Hall–Kier alpha value is -3.36. The number of nitrogens with one attached hydrogen (secondary N) is 1. The number of anilines is 1. The van der Waals surface area contributed by atoms with E-state index in [4.69, 9.17) is 4.74 Å². The maximum atomic E-state index is 13.0. The number of aromatic amines is 1. The topological polar surface area (TPSA) is 95.8 Å². The number of nitrogens with zero attached hydrogens (tertiary/aromatic N) is 5. The van der Waals surface area contributed by atoms with Crippen LogP contribution < -0.4 is 15.2 Å². The summed E-state index contributed by atoms with van der Waals surface area (Å²) in [6, 6.07) is 7.84. The van der Waals surface area contributed by atoms with E-state index in [2.05, 4.69) is 33.8 Å². The summed E-state index contributed by atoms with van der Waals surface area (Å²) in [5.41, 5.74) is 0.230. The predicted molar refractivity (Wildman–Crippen MR) is 104 cm³/mol. The van der Waals surface area contributed by atoms with Gasteiger partial charge in [-0.1, -0.05) is 12.1 Å². The second kappa shape index (κ2) is 6.66. The molecule has 0 bridgehead atoms. The van der Waals surface area contributed by atoms with Gasteiger partial charge in [0.25, 0.3) is 17.2 Å². The molecule has 1 aromatic carbocycles. The lowest BCUT2D eigenvalue weighted by Crippen LogP contribution is -2.61. The zero-order valence-corrected chi connectivity index (χ0v) is 16.0. The van der Waals surface area contributed by atoms with E-state index in [-0.39, 0.29) is 22.8 Å².